The Morgan fingerprint density at radius 3 is 2.73 bits per heavy atom. The molecule has 0 bridgehead atoms. The van der Waals surface area contributed by atoms with Crippen molar-refractivity contribution in [2.24, 2.45) is 0 Å². The summed E-state index contributed by atoms with van der Waals surface area (Å²) < 4.78 is 0. The average Bonchev–Trinajstić information content (AvgIpc) is 2.55. The van der Waals surface area contributed by atoms with E-state index in [1.807, 2.05) is 0 Å². The second kappa shape index (κ2) is 3.11. The summed E-state index contributed by atoms with van der Waals surface area (Å²) in [6, 6.07) is 1.65. The highest BCUT2D eigenvalue weighted by molar-refractivity contribution is 4.90. The van der Waals surface area contributed by atoms with Gasteiger partial charge in [0.2, 0.25) is 0 Å². The molecule has 0 unspecified atom stereocenters. The molecule has 0 amide bonds. The predicted octanol–water partition coefficient (Wildman–Crippen LogP) is 0.833. The Morgan fingerprint density at radius 1 is 1.27 bits per heavy atom. The van der Waals surface area contributed by atoms with Crippen LogP contribution >= 0.6 is 0 Å². The molecular weight excluding hydrogens is 136 g/mol. The van der Waals surface area contributed by atoms with Crippen LogP contribution in [0.4, 0.5) is 0 Å². The molecule has 0 aliphatic carbocycles. The number of hydrogen-bond acceptors (Lipinski definition) is 2. The van der Waals surface area contributed by atoms with Gasteiger partial charge in [-0.1, -0.05) is 0 Å². The van der Waals surface area contributed by atoms with Crippen molar-refractivity contribution in [3.05, 3.63) is 0 Å². The fourth-order valence-electron chi connectivity index (χ4n) is 2.48. The minimum atomic E-state index is 0.808. The Bertz CT molecular complexity index is 130. The van der Waals surface area contributed by atoms with E-state index in [9.17, 15) is 0 Å². The minimum Gasteiger partial charge on any atom is -0.312 e. The summed E-state index contributed by atoms with van der Waals surface area (Å²) in [5, 5.41) is 3.59. The van der Waals surface area contributed by atoms with Gasteiger partial charge in [0, 0.05) is 12.1 Å². The van der Waals surface area contributed by atoms with E-state index in [4.69, 9.17) is 0 Å². The second-order valence-corrected chi connectivity index (χ2v) is 3.89. The Balaban J connectivity index is 1.92. The van der Waals surface area contributed by atoms with Gasteiger partial charge in [0.05, 0.1) is 0 Å². The summed E-state index contributed by atoms with van der Waals surface area (Å²) in [4.78, 5) is 2.52. The van der Waals surface area contributed by atoms with Crippen LogP contribution in [-0.2, 0) is 0 Å². The van der Waals surface area contributed by atoms with Gasteiger partial charge in [0.1, 0.15) is 0 Å². The van der Waals surface area contributed by atoms with Crippen molar-refractivity contribution in [1.82, 2.24) is 10.2 Å². The van der Waals surface area contributed by atoms with E-state index < -0.39 is 0 Å². The van der Waals surface area contributed by atoms with Gasteiger partial charge in [-0.15, -0.1) is 0 Å². The molecule has 2 nitrogen and oxygen atoms in total. The first kappa shape index (κ1) is 7.56. The molecule has 2 heteroatoms. The smallest absolute Gasteiger partial charge is 0.0246 e. The van der Waals surface area contributed by atoms with Crippen LogP contribution in [0.2, 0.25) is 0 Å². The van der Waals surface area contributed by atoms with E-state index in [0.717, 1.165) is 12.1 Å². The molecule has 2 heterocycles. The van der Waals surface area contributed by atoms with E-state index in [0.29, 0.717) is 0 Å². The molecule has 1 N–H and O–H groups in total. The van der Waals surface area contributed by atoms with Crippen molar-refractivity contribution in [1.29, 1.82) is 0 Å². The molecule has 0 aromatic carbocycles. The van der Waals surface area contributed by atoms with Gasteiger partial charge < -0.3 is 10.2 Å². The van der Waals surface area contributed by atoms with Crippen molar-refractivity contribution < 1.29 is 0 Å². The molecule has 0 spiro atoms. The van der Waals surface area contributed by atoms with Crippen LogP contribution in [0, 0.1) is 0 Å². The van der Waals surface area contributed by atoms with Crippen molar-refractivity contribution >= 4 is 0 Å². The second-order valence-electron chi connectivity index (χ2n) is 3.89. The fourth-order valence-corrected chi connectivity index (χ4v) is 2.48. The minimum absolute atomic E-state index is 0.808. The van der Waals surface area contributed by atoms with Gasteiger partial charge in [0.25, 0.3) is 0 Å². The van der Waals surface area contributed by atoms with E-state index in [2.05, 4.69) is 17.3 Å². The lowest BCUT2D eigenvalue weighted by atomic mass is 10.0. The number of likely N-dealkylation sites (N-methyl/N-ethyl adjacent to an activating group) is 1. The topological polar surface area (TPSA) is 15.3 Å². The van der Waals surface area contributed by atoms with Crippen LogP contribution in [-0.4, -0.2) is 37.1 Å². The molecule has 0 radical (unpaired) electrons. The van der Waals surface area contributed by atoms with Gasteiger partial charge in [0.15, 0.2) is 0 Å². The Labute approximate surface area is 69.0 Å². The lowest BCUT2D eigenvalue weighted by Crippen LogP contribution is -2.41. The third-order valence-electron chi connectivity index (χ3n) is 3.14. The lowest BCUT2D eigenvalue weighted by Gasteiger charge is -2.25. The van der Waals surface area contributed by atoms with Crippen LogP contribution in [0.1, 0.15) is 25.7 Å². The zero-order valence-electron chi connectivity index (χ0n) is 7.34. The van der Waals surface area contributed by atoms with Crippen LogP contribution < -0.4 is 5.32 Å². The molecule has 11 heavy (non-hydrogen) atoms. The zero-order chi connectivity index (χ0) is 7.68. The molecule has 2 atom stereocenters. The molecule has 64 valence electrons. The van der Waals surface area contributed by atoms with Gasteiger partial charge in [-0.05, 0) is 45.8 Å². The molecule has 2 rings (SSSR count). The molecule has 2 saturated heterocycles. The highest BCUT2D eigenvalue weighted by atomic mass is 15.2. The standard InChI is InChI=1S/C9H18N2/c1-11-7-3-5-9(11)8-4-2-6-10-8/h8-10H,2-7H2,1H3/t8-,9+/m1/s1. The average molecular weight is 154 g/mol. The summed E-state index contributed by atoms with van der Waals surface area (Å²) in [5.74, 6) is 0. The summed E-state index contributed by atoms with van der Waals surface area (Å²) in [5.41, 5.74) is 0. The first-order valence-electron chi connectivity index (χ1n) is 4.81. The van der Waals surface area contributed by atoms with Gasteiger partial charge in [-0.2, -0.15) is 0 Å². The van der Waals surface area contributed by atoms with Gasteiger partial charge in [-0.25, -0.2) is 0 Å². The van der Waals surface area contributed by atoms with Crippen LogP contribution in [0.5, 0.6) is 0 Å². The molecule has 0 saturated carbocycles. The SMILES string of the molecule is CN1CCC[C@H]1[C@H]1CCCN1. The molecular formula is C9H18N2. The molecule has 2 fully saturated rings. The van der Waals surface area contributed by atoms with E-state index in [1.165, 1.54) is 38.8 Å². The number of nitrogens with zero attached hydrogens (tertiary/aromatic N) is 1. The number of likely N-dealkylation sites (tertiary alicyclic amines) is 1. The highest BCUT2D eigenvalue weighted by Crippen LogP contribution is 2.22. The van der Waals surface area contributed by atoms with E-state index in [1.54, 1.807) is 0 Å². The Hall–Kier alpha value is -0.0800. The number of nitrogens with one attached hydrogen (secondary N) is 1. The van der Waals surface area contributed by atoms with E-state index >= 15 is 0 Å². The van der Waals surface area contributed by atoms with Gasteiger partial charge >= 0.3 is 0 Å². The van der Waals surface area contributed by atoms with Gasteiger partial charge in [-0.3, -0.25) is 0 Å². The van der Waals surface area contributed by atoms with Crippen molar-refractivity contribution in [3.8, 4) is 0 Å². The number of hydrogen-bond donors (Lipinski definition) is 1. The quantitative estimate of drug-likeness (QED) is 0.602. The van der Waals surface area contributed by atoms with E-state index in [-0.39, 0.29) is 0 Å². The lowest BCUT2D eigenvalue weighted by molar-refractivity contribution is 0.258. The Kier molecular flexibility index (Phi) is 2.14. The van der Waals surface area contributed by atoms with Crippen LogP contribution in [0.25, 0.3) is 0 Å². The summed E-state index contributed by atoms with van der Waals surface area (Å²) in [6.45, 7) is 2.55. The number of rotatable bonds is 1. The molecule has 0 aromatic rings. The maximum absolute atomic E-state index is 3.59. The predicted molar refractivity (Wildman–Crippen MR) is 46.7 cm³/mol. The third-order valence-corrected chi connectivity index (χ3v) is 3.14. The largest absolute Gasteiger partial charge is 0.312 e. The fraction of sp³-hybridized carbons (Fsp3) is 1.00. The maximum Gasteiger partial charge on any atom is 0.0246 e. The summed E-state index contributed by atoms with van der Waals surface area (Å²) >= 11 is 0. The zero-order valence-corrected chi connectivity index (χ0v) is 7.34. The first-order chi connectivity index (χ1) is 5.38. The van der Waals surface area contributed by atoms with Crippen LogP contribution in [0.3, 0.4) is 0 Å². The maximum atomic E-state index is 3.59. The molecule has 2 aliphatic heterocycles. The van der Waals surface area contributed by atoms with Crippen molar-refractivity contribution in [3.63, 3.8) is 0 Å². The summed E-state index contributed by atoms with van der Waals surface area (Å²) in [6.07, 6.45) is 5.59. The monoisotopic (exact) mass is 154 g/mol. The normalized spacial score (nSPS) is 40.1. The Morgan fingerprint density at radius 2 is 2.18 bits per heavy atom. The molecule has 0 aromatic heterocycles. The highest BCUT2D eigenvalue weighted by Gasteiger charge is 2.30. The van der Waals surface area contributed by atoms with Crippen molar-refractivity contribution in [2.75, 3.05) is 20.1 Å². The van der Waals surface area contributed by atoms with Crippen LogP contribution in [0.15, 0.2) is 0 Å². The molecule has 2 aliphatic rings. The third kappa shape index (κ3) is 1.42. The summed E-state index contributed by atoms with van der Waals surface area (Å²) in [7, 11) is 2.26. The van der Waals surface area contributed by atoms with Crippen molar-refractivity contribution in [2.45, 2.75) is 37.8 Å². The first-order valence-corrected chi connectivity index (χ1v) is 4.81.